The second-order valence-electron chi connectivity index (χ2n) is 6.59. The largest absolute Gasteiger partial charge is 0.337 e. The lowest BCUT2D eigenvalue weighted by molar-refractivity contribution is 0.0788. The van der Waals surface area contributed by atoms with Crippen LogP contribution in [0.2, 0.25) is 0 Å². The van der Waals surface area contributed by atoms with Crippen LogP contribution in [0.4, 0.5) is 0 Å². The Labute approximate surface area is 134 Å². The fourth-order valence-corrected chi connectivity index (χ4v) is 6.43. The predicted octanol–water partition coefficient (Wildman–Crippen LogP) is 2.74. The van der Waals surface area contributed by atoms with Crippen molar-refractivity contribution >= 4 is 29.0 Å². The Morgan fingerprint density at radius 2 is 2.24 bits per heavy atom. The third-order valence-electron chi connectivity index (χ3n) is 5.28. The molecule has 0 aromatic carbocycles. The number of hydrogen-bond donors (Lipinski definition) is 1. The van der Waals surface area contributed by atoms with Gasteiger partial charge in [-0.3, -0.25) is 4.79 Å². The summed E-state index contributed by atoms with van der Waals surface area (Å²) in [5.74, 6) is 3.70. The monoisotopic (exact) mass is 322 g/mol. The summed E-state index contributed by atoms with van der Waals surface area (Å²) < 4.78 is 0. The summed E-state index contributed by atoms with van der Waals surface area (Å²) in [4.78, 5) is 17.3. The van der Waals surface area contributed by atoms with Crippen LogP contribution in [0.3, 0.4) is 0 Å². The van der Waals surface area contributed by atoms with Crippen LogP contribution < -0.4 is 5.73 Å². The minimum absolute atomic E-state index is 0.251. The summed E-state index contributed by atoms with van der Waals surface area (Å²) in [7, 11) is 0. The van der Waals surface area contributed by atoms with Crippen molar-refractivity contribution in [3.63, 3.8) is 0 Å². The number of rotatable bonds is 1. The molecular weight excluding hydrogens is 300 g/mol. The molecule has 1 saturated carbocycles. The van der Waals surface area contributed by atoms with Crippen molar-refractivity contribution in [3.8, 4) is 0 Å². The van der Waals surface area contributed by atoms with E-state index in [2.05, 4.69) is 11.0 Å². The summed E-state index contributed by atoms with van der Waals surface area (Å²) in [6, 6.07) is 2.45. The number of carbonyl (C=O) groups is 1. The van der Waals surface area contributed by atoms with E-state index >= 15 is 0 Å². The van der Waals surface area contributed by atoms with Gasteiger partial charge >= 0.3 is 0 Å². The average molecular weight is 322 g/mol. The van der Waals surface area contributed by atoms with Gasteiger partial charge in [0.05, 0.1) is 4.88 Å². The normalized spacial score (nSPS) is 31.9. The van der Waals surface area contributed by atoms with E-state index in [0.29, 0.717) is 17.9 Å². The van der Waals surface area contributed by atoms with Crippen molar-refractivity contribution in [2.45, 2.75) is 37.5 Å². The first-order chi connectivity index (χ1) is 10.2. The van der Waals surface area contributed by atoms with Crippen LogP contribution >= 0.6 is 23.1 Å². The molecule has 5 heteroatoms. The summed E-state index contributed by atoms with van der Waals surface area (Å²) >= 11 is 3.71. The van der Waals surface area contributed by atoms with Crippen molar-refractivity contribution < 1.29 is 4.79 Å². The van der Waals surface area contributed by atoms with Crippen molar-refractivity contribution in [1.82, 2.24) is 4.90 Å². The Morgan fingerprint density at radius 1 is 1.33 bits per heavy atom. The first-order valence-electron chi connectivity index (χ1n) is 7.96. The molecule has 1 aromatic rings. The Morgan fingerprint density at radius 3 is 3.05 bits per heavy atom. The van der Waals surface area contributed by atoms with E-state index in [9.17, 15) is 4.79 Å². The number of hydrogen-bond acceptors (Lipinski definition) is 4. The maximum atomic E-state index is 12.8. The van der Waals surface area contributed by atoms with E-state index in [1.54, 1.807) is 11.3 Å². The molecule has 4 rings (SSSR count). The van der Waals surface area contributed by atoms with Gasteiger partial charge in [0.1, 0.15) is 0 Å². The molecule has 3 nitrogen and oxygen atoms in total. The summed E-state index contributed by atoms with van der Waals surface area (Å²) in [5, 5.41) is 0. The van der Waals surface area contributed by atoms with Crippen LogP contribution in [0.1, 0.15) is 39.4 Å². The smallest absolute Gasteiger partial charge is 0.263 e. The van der Waals surface area contributed by atoms with Crippen LogP contribution in [0, 0.1) is 11.8 Å². The number of fused-ring (bicyclic) bond motifs is 2. The molecule has 114 valence electrons. The fraction of sp³-hybridized carbons (Fsp3) is 0.688. The Balaban J connectivity index is 1.51. The van der Waals surface area contributed by atoms with Crippen molar-refractivity contribution in [2.75, 3.05) is 18.8 Å². The average Bonchev–Trinajstić information content (AvgIpc) is 3.11. The lowest BCUT2D eigenvalue weighted by atomic mass is 9.78. The van der Waals surface area contributed by atoms with Gasteiger partial charge < -0.3 is 10.6 Å². The van der Waals surface area contributed by atoms with E-state index in [1.807, 2.05) is 11.8 Å². The van der Waals surface area contributed by atoms with Gasteiger partial charge in [-0.1, -0.05) is 6.42 Å². The molecule has 1 amide bonds. The molecule has 1 aromatic heterocycles. The minimum atomic E-state index is 0.251. The van der Waals surface area contributed by atoms with Crippen LogP contribution in [0.15, 0.2) is 6.07 Å². The second kappa shape index (κ2) is 5.60. The first-order valence-corrected chi connectivity index (χ1v) is 9.93. The summed E-state index contributed by atoms with van der Waals surface area (Å²) in [6.07, 6.45) is 4.75. The molecule has 3 atom stereocenters. The number of aryl methyl sites for hydroxylation is 1. The van der Waals surface area contributed by atoms with Crippen LogP contribution in [0.25, 0.3) is 0 Å². The Kier molecular flexibility index (Phi) is 3.76. The van der Waals surface area contributed by atoms with Crippen molar-refractivity contribution in [3.05, 3.63) is 21.4 Å². The fourth-order valence-electron chi connectivity index (χ4n) is 4.09. The Bertz CT molecular complexity index is 533. The van der Waals surface area contributed by atoms with Crippen molar-refractivity contribution in [2.24, 2.45) is 17.6 Å². The zero-order valence-electron chi connectivity index (χ0n) is 12.2. The van der Waals surface area contributed by atoms with E-state index in [0.717, 1.165) is 36.6 Å². The first kappa shape index (κ1) is 14.1. The van der Waals surface area contributed by atoms with E-state index in [-0.39, 0.29) is 5.91 Å². The molecule has 3 heterocycles. The van der Waals surface area contributed by atoms with Gasteiger partial charge in [-0.25, -0.2) is 0 Å². The zero-order chi connectivity index (χ0) is 14.4. The standard InChI is InChI=1S/C16H22N2OS2/c17-13-3-1-2-10-7-18(8-12(10)13)16(19)15-6-11-9-20-5-4-14(11)21-15/h6,10,12-13H,1-5,7-9,17H2. The number of carbonyl (C=O) groups excluding carboxylic acids is 1. The molecular formula is C16H22N2OS2. The Hall–Kier alpha value is -0.520. The maximum Gasteiger partial charge on any atom is 0.263 e. The van der Waals surface area contributed by atoms with Crippen molar-refractivity contribution in [1.29, 1.82) is 0 Å². The molecule has 1 aliphatic carbocycles. The molecule has 1 saturated heterocycles. The molecule has 21 heavy (non-hydrogen) atoms. The highest BCUT2D eigenvalue weighted by atomic mass is 32.2. The quantitative estimate of drug-likeness (QED) is 0.865. The number of nitrogens with zero attached hydrogens (tertiary/aromatic N) is 1. The van der Waals surface area contributed by atoms with Gasteiger partial charge in [0.25, 0.3) is 5.91 Å². The molecule has 0 bridgehead atoms. The maximum absolute atomic E-state index is 12.8. The topological polar surface area (TPSA) is 46.3 Å². The van der Waals surface area contributed by atoms with Crippen LogP contribution in [-0.2, 0) is 12.2 Å². The lowest BCUT2D eigenvalue weighted by Gasteiger charge is -2.29. The number of likely N-dealkylation sites (tertiary alicyclic amines) is 1. The minimum Gasteiger partial charge on any atom is -0.337 e. The third kappa shape index (κ3) is 2.53. The van der Waals surface area contributed by atoms with Gasteiger partial charge in [-0.2, -0.15) is 11.8 Å². The number of amides is 1. The van der Waals surface area contributed by atoms with Crippen LogP contribution in [0.5, 0.6) is 0 Å². The second-order valence-corrected chi connectivity index (χ2v) is 8.83. The SMILES string of the molecule is NC1CCCC2CN(C(=O)c3cc4c(s3)CCSC4)CC12. The third-order valence-corrected chi connectivity index (χ3v) is 7.51. The zero-order valence-corrected chi connectivity index (χ0v) is 13.8. The lowest BCUT2D eigenvalue weighted by Crippen LogP contribution is -2.38. The summed E-state index contributed by atoms with van der Waals surface area (Å²) in [6.45, 7) is 1.80. The van der Waals surface area contributed by atoms with E-state index in [4.69, 9.17) is 5.73 Å². The molecule has 0 radical (unpaired) electrons. The molecule has 3 unspecified atom stereocenters. The summed E-state index contributed by atoms with van der Waals surface area (Å²) in [5.41, 5.74) is 7.66. The molecule has 2 fully saturated rings. The molecule has 2 aliphatic heterocycles. The van der Waals surface area contributed by atoms with Crippen LogP contribution in [-0.4, -0.2) is 35.7 Å². The van der Waals surface area contributed by atoms with Gasteiger partial charge in [0, 0.05) is 29.8 Å². The highest BCUT2D eigenvalue weighted by Gasteiger charge is 2.40. The predicted molar refractivity (Wildman–Crippen MR) is 88.9 cm³/mol. The van der Waals surface area contributed by atoms with Gasteiger partial charge in [0.15, 0.2) is 0 Å². The van der Waals surface area contributed by atoms with E-state index in [1.165, 1.54) is 29.0 Å². The number of thioether (sulfide) groups is 1. The highest BCUT2D eigenvalue weighted by Crippen LogP contribution is 2.37. The highest BCUT2D eigenvalue weighted by molar-refractivity contribution is 7.98. The number of thiophene rings is 1. The van der Waals surface area contributed by atoms with Gasteiger partial charge in [-0.05, 0) is 48.5 Å². The number of nitrogens with two attached hydrogens (primary N) is 1. The van der Waals surface area contributed by atoms with Gasteiger partial charge in [0.2, 0.25) is 0 Å². The molecule has 2 N–H and O–H groups in total. The van der Waals surface area contributed by atoms with E-state index < -0.39 is 0 Å². The molecule has 0 spiro atoms. The van der Waals surface area contributed by atoms with Gasteiger partial charge in [-0.15, -0.1) is 11.3 Å². The molecule has 3 aliphatic rings.